The van der Waals surface area contributed by atoms with E-state index in [-0.39, 0.29) is 5.78 Å². The molecule has 0 saturated carbocycles. The van der Waals surface area contributed by atoms with E-state index in [9.17, 15) is 4.79 Å². The van der Waals surface area contributed by atoms with E-state index < -0.39 is 14.9 Å². The van der Waals surface area contributed by atoms with E-state index in [4.69, 9.17) is 13.3 Å². The lowest BCUT2D eigenvalue weighted by atomic mass is 9.98. The first-order valence-electron chi connectivity index (χ1n) is 10.8. The van der Waals surface area contributed by atoms with Gasteiger partial charge in [-0.05, 0) is 73.9 Å². The lowest BCUT2D eigenvalue weighted by molar-refractivity contribution is -0.122. The summed E-state index contributed by atoms with van der Waals surface area (Å²) in [7, 11) is -2.95. The Morgan fingerprint density at radius 1 is 1.10 bits per heavy atom. The maximum atomic E-state index is 12.0. The summed E-state index contributed by atoms with van der Waals surface area (Å²) >= 11 is 0. The van der Waals surface area contributed by atoms with Crippen LogP contribution in [0.5, 0.6) is 0 Å². The largest absolute Gasteiger partial charge is 0.501 e. The SMILES string of the molecule is C=CC(=O)C(C)O[Si](CCCc1cccc2c1Cc1ccccc1-2)(OCC)OCC. The summed E-state index contributed by atoms with van der Waals surface area (Å²) in [5.41, 5.74) is 6.89. The van der Waals surface area contributed by atoms with Crippen molar-refractivity contribution in [3.63, 3.8) is 0 Å². The van der Waals surface area contributed by atoms with Crippen LogP contribution in [0, 0.1) is 0 Å². The highest BCUT2D eigenvalue weighted by Crippen LogP contribution is 2.38. The second-order valence-corrected chi connectivity index (χ2v) is 10.2. The number of rotatable bonds is 12. The Morgan fingerprint density at radius 3 is 2.50 bits per heavy atom. The molecule has 160 valence electrons. The molecule has 0 fully saturated rings. The molecular weight excluding hydrogens is 392 g/mol. The third-order valence-electron chi connectivity index (χ3n) is 5.56. The number of benzene rings is 2. The minimum Gasteiger partial charge on any atom is -0.374 e. The van der Waals surface area contributed by atoms with Gasteiger partial charge in [-0.15, -0.1) is 0 Å². The molecule has 0 aliphatic heterocycles. The van der Waals surface area contributed by atoms with E-state index in [2.05, 4.69) is 49.0 Å². The van der Waals surface area contributed by atoms with Gasteiger partial charge in [-0.2, -0.15) is 0 Å². The summed E-state index contributed by atoms with van der Waals surface area (Å²) in [4.78, 5) is 12.0. The van der Waals surface area contributed by atoms with Gasteiger partial charge in [-0.25, -0.2) is 0 Å². The summed E-state index contributed by atoms with van der Waals surface area (Å²) < 4.78 is 18.2. The van der Waals surface area contributed by atoms with Gasteiger partial charge in [-0.3, -0.25) is 4.79 Å². The van der Waals surface area contributed by atoms with E-state index in [0.717, 1.165) is 19.3 Å². The van der Waals surface area contributed by atoms with Gasteiger partial charge in [0, 0.05) is 19.3 Å². The highest BCUT2D eigenvalue weighted by atomic mass is 28.4. The molecule has 1 atom stereocenters. The first-order valence-corrected chi connectivity index (χ1v) is 12.8. The van der Waals surface area contributed by atoms with Crippen LogP contribution in [0.15, 0.2) is 55.1 Å². The molecule has 0 amide bonds. The predicted molar refractivity (Wildman–Crippen MR) is 123 cm³/mol. The molecule has 0 heterocycles. The van der Waals surface area contributed by atoms with Crippen LogP contribution in [-0.4, -0.2) is 33.9 Å². The standard InChI is InChI=1S/C25H32O4Si/c1-5-25(26)19(4)29-30(27-6-2,28-7-3)17-11-14-20-13-10-16-23-22-15-9-8-12-21(22)18-24(20)23/h5,8-10,12-13,15-16,19H,1,6-7,11,14,17-18H2,2-4H3. The number of fused-ring (bicyclic) bond motifs is 3. The summed E-state index contributed by atoms with van der Waals surface area (Å²) in [5, 5.41) is 0. The molecule has 0 spiro atoms. The van der Waals surface area contributed by atoms with Crippen molar-refractivity contribution >= 4 is 14.6 Å². The minimum atomic E-state index is -2.95. The maximum absolute atomic E-state index is 12.0. The number of carbonyl (C=O) groups excluding carboxylic acids is 1. The number of hydrogen-bond donors (Lipinski definition) is 0. The van der Waals surface area contributed by atoms with Crippen molar-refractivity contribution in [1.29, 1.82) is 0 Å². The molecule has 0 saturated heterocycles. The van der Waals surface area contributed by atoms with Crippen molar-refractivity contribution in [2.24, 2.45) is 0 Å². The first kappa shape index (κ1) is 22.6. The molecule has 4 nitrogen and oxygen atoms in total. The number of carbonyl (C=O) groups is 1. The fraction of sp³-hybridized carbons (Fsp3) is 0.400. The molecule has 0 radical (unpaired) electrons. The van der Waals surface area contributed by atoms with E-state index in [0.29, 0.717) is 19.3 Å². The number of hydrogen-bond acceptors (Lipinski definition) is 4. The topological polar surface area (TPSA) is 44.8 Å². The molecule has 3 rings (SSSR count). The molecule has 2 aromatic carbocycles. The predicted octanol–water partition coefficient (Wildman–Crippen LogP) is 5.36. The minimum absolute atomic E-state index is 0.148. The zero-order valence-electron chi connectivity index (χ0n) is 18.3. The maximum Gasteiger partial charge on any atom is 0.501 e. The fourth-order valence-corrected chi connectivity index (χ4v) is 6.97. The van der Waals surface area contributed by atoms with Gasteiger partial charge in [0.2, 0.25) is 0 Å². The Hall–Kier alpha value is -2.05. The number of aryl methyl sites for hydroxylation is 1. The van der Waals surface area contributed by atoms with Crippen molar-refractivity contribution in [1.82, 2.24) is 0 Å². The van der Waals surface area contributed by atoms with Crippen molar-refractivity contribution in [3.8, 4) is 11.1 Å². The van der Waals surface area contributed by atoms with E-state index in [1.807, 2.05) is 13.8 Å². The van der Waals surface area contributed by atoms with Crippen LogP contribution in [0.3, 0.4) is 0 Å². The zero-order chi connectivity index (χ0) is 21.6. The van der Waals surface area contributed by atoms with Gasteiger partial charge in [-0.1, -0.05) is 49.0 Å². The van der Waals surface area contributed by atoms with E-state index in [1.54, 1.807) is 6.92 Å². The lowest BCUT2D eigenvalue weighted by Gasteiger charge is -2.31. The molecule has 2 aromatic rings. The summed E-state index contributed by atoms with van der Waals surface area (Å²) in [5.74, 6) is -0.148. The van der Waals surface area contributed by atoms with E-state index in [1.165, 1.54) is 33.9 Å². The second-order valence-electron chi connectivity index (χ2n) is 7.55. The van der Waals surface area contributed by atoms with Crippen LogP contribution in [0.2, 0.25) is 6.04 Å². The monoisotopic (exact) mass is 424 g/mol. The van der Waals surface area contributed by atoms with Crippen LogP contribution < -0.4 is 0 Å². The molecule has 0 aromatic heterocycles. The quantitative estimate of drug-likeness (QED) is 0.290. The Morgan fingerprint density at radius 2 is 1.80 bits per heavy atom. The zero-order valence-corrected chi connectivity index (χ0v) is 19.3. The molecule has 1 unspecified atom stereocenters. The third kappa shape index (κ3) is 4.98. The van der Waals surface area contributed by atoms with Gasteiger partial charge >= 0.3 is 8.80 Å². The second kappa shape index (κ2) is 10.3. The lowest BCUT2D eigenvalue weighted by Crippen LogP contribution is -2.49. The number of ketones is 1. The highest BCUT2D eigenvalue weighted by molar-refractivity contribution is 6.61. The highest BCUT2D eigenvalue weighted by Gasteiger charge is 2.42. The van der Waals surface area contributed by atoms with Gasteiger partial charge < -0.3 is 13.3 Å². The van der Waals surface area contributed by atoms with Crippen molar-refractivity contribution < 1.29 is 18.1 Å². The molecule has 1 aliphatic rings. The Bertz CT molecular complexity index is 886. The van der Waals surface area contributed by atoms with E-state index >= 15 is 0 Å². The van der Waals surface area contributed by atoms with Crippen LogP contribution >= 0.6 is 0 Å². The Balaban J connectivity index is 1.73. The molecule has 5 heteroatoms. The van der Waals surface area contributed by atoms with Gasteiger partial charge in [0.1, 0.15) is 6.10 Å². The molecule has 0 bridgehead atoms. The Labute approximate surface area is 181 Å². The molecular formula is C25H32O4Si. The van der Waals surface area contributed by atoms with Crippen molar-refractivity contribution in [2.75, 3.05) is 13.2 Å². The third-order valence-corrected chi connectivity index (χ3v) is 8.70. The average Bonchev–Trinajstić information content (AvgIpc) is 3.13. The van der Waals surface area contributed by atoms with Crippen LogP contribution in [0.25, 0.3) is 11.1 Å². The van der Waals surface area contributed by atoms with Crippen LogP contribution in [-0.2, 0) is 30.9 Å². The normalized spacial score (nSPS) is 13.6. The molecule has 30 heavy (non-hydrogen) atoms. The van der Waals surface area contributed by atoms with Crippen molar-refractivity contribution in [3.05, 3.63) is 71.8 Å². The van der Waals surface area contributed by atoms with Gasteiger partial charge in [0.05, 0.1) is 0 Å². The van der Waals surface area contributed by atoms with Crippen LogP contribution in [0.4, 0.5) is 0 Å². The van der Waals surface area contributed by atoms with Gasteiger partial charge in [0.15, 0.2) is 5.78 Å². The Kier molecular flexibility index (Phi) is 7.78. The summed E-state index contributed by atoms with van der Waals surface area (Å²) in [6.07, 6.45) is 3.49. The van der Waals surface area contributed by atoms with Crippen molar-refractivity contribution in [2.45, 2.75) is 52.2 Å². The summed E-state index contributed by atoms with van der Waals surface area (Å²) in [6, 6.07) is 15.9. The fourth-order valence-electron chi connectivity index (χ4n) is 4.20. The molecule has 1 aliphatic carbocycles. The molecule has 0 N–H and O–H groups in total. The van der Waals surface area contributed by atoms with Crippen LogP contribution in [0.1, 0.15) is 43.9 Å². The smallest absolute Gasteiger partial charge is 0.374 e. The average molecular weight is 425 g/mol. The first-order chi connectivity index (χ1) is 14.5. The van der Waals surface area contributed by atoms with Gasteiger partial charge in [0.25, 0.3) is 0 Å². The summed E-state index contributed by atoms with van der Waals surface area (Å²) in [6.45, 7) is 10.2.